The number of rotatable bonds is 13. The van der Waals surface area contributed by atoms with Crippen LogP contribution in [0.4, 0.5) is 0 Å². The lowest BCUT2D eigenvalue weighted by Crippen LogP contribution is -2.50. The van der Waals surface area contributed by atoms with Crippen LogP contribution < -0.4 is 0 Å². The van der Waals surface area contributed by atoms with Crippen LogP contribution in [0.3, 0.4) is 0 Å². The first-order chi connectivity index (χ1) is 9.74. The molecule has 0 aromatic rings. The van der Waals surface area contributed by atoms with E-state index in [4.69, 9.17) is 18.1 Å². The molecule has 0 bridgehead atoms. The first kappa shape index (κ1) is 21.5. The summed E-state index contributed by atoms with van der Waals surface area (Å²) in [4.78, 5) is 0. The minimum atomic E-state index is -1.98. The molecule has 1 atom stereocenters. The summed E-state index contributed by atoms with van der Waals surface area (Å²) in [5.41, 5.74) is 0. The van der Waals surface area contributed by atoms with E-state index in [1.807, 2.05) is 0 Å². The summed E-state index contributed by atoms with van der Waals surface area (Å²) in [6.07, 6.45) is 3.48. The Bertz CT molecular complexity index is 265. The summed E-state index contributed by atoms with van der Waals surface area (Å²) in [6, 6.07) is 2.33. The van der Waals surface area contributed by atoms with Crippen LogP contribution in [-0.4, -0.2) is 50.8 Å². The fourth-order valence-corrected chi connectivity index (χ4v) is 15.7. The maximum absolute atomic E-state index is 8.73. The van der Waals surface area contributed by atoms with Gasteiger partial charge in [0, 0.05) is 6.61 Å². The van der Waals surface area contributed by atoms with E-state index in [0.717, 1.165) is 19.1 Å². The molecule has 0 amide bonds. The van der Waals surface area contributed by atoms with Gasteiger partial charge in [-0.3, -0.25) is 0 Å². The normalized spacial score (nSPS) is 15.4. The molecule has 1 N–H and O–H groups in total. The smallest absolute Gasteiger partial charge is 0.310 e. The Morgan fingerprint density at radius 1 is 1.00 bits per heavy atom. The molecule has 0 rings (SSSR count). The van der Waals surface area contributed by atoms with E-state index in [1.54, 1.807) is 0 Å². The quantitative estimate of drug-likeness (QED) is 0.407. The van der Waals surface area contributed by atoms with E-state index >= 15 is 0 Å². The van der Waals surface area contributed by atoms with Crippen molar-refractivity contribution in [2.45, 2.75) is 71.0 Å². The standard InChI is InChI=1S/C14H36O4Si3/c1-7-8-13-21(6,14-9-11-16-12-10-15)18-20(4,5)17-19(2)3/h15,19H,7-14H2,1-6H3. The van der Waals surface area contributed by atoms with Gasteiger partial charge in [0.2, 0.25) is 0 Å². The Balaban J connectivity index is 4.44. The lowest BCUT2D eigenvalue weighted by molar-refractivity contribution is 0.0923. The van der Waals surface area contributed by atoms with Crippen molar-refractivity contribution in [3.63, 3.8) is 0 Å². The van der Waals surface area contributed by atoms with Crippen molar-refractivity contribution in [1.29, 1.82) is 0 Å². The lowest BCUT2D eigenvalue weighted by atomic mass is 10.4. The highest BCUT2D eigenvalue weighted by Crippen LogP contribution is 2.27. The van der Waals surface area contributed by atoms with Crippen LogP contribution in [0.5, 0.6) is 0 Å². The Kier molecular flexibility index (Phi) is 11.4. The fraction of sp³-hybridized carbons (Fsp3) is 1.00. The topological polar surface area (TPSA) is 47.9 Å². The van der Waals surface area contributed by atoms with E-state index in [1.165, 1.54) is 18.9 Å². The van der Waals surface area contributed by atoms with Gasteiger partial charge in [-0.1, -0.05) is 19.8 Å². The van der Waals surface area contributed by atoms with E-state index in [-0.39, 0.29) is 6.61 Å². The summed E-state index contributed by atoms with van der Waals surface area (Å²) >= 11 is 0. The van der Waals surface area contributed by atoms with Gasteiger partial charge in [0.1, 0.15) is 0 Å². The van der Waals surface area contributed by atoms with Crippen LogP contribution in [0.15, 0.2) is 0 Å². The first-order valence-electron chi connectivity index (χ1n) is 8.31. The molecule has 0 heterocycles. The zero-order valence-electron chi connectivity index (χ0n) is 14.9. The number of ether oxygens (including phenoxy) is 1. The van der Waals surface area contributed by atoms with Gasteiger partial charge >= 0.3 is 8.56 Å². The number of hydrogen-bond acceptors (Lipinski definition) is 4. The molecule has 0 aromatic heterocycles. The average molecular weight is 353 g/mol. The third-order valence-electron chi connectivity index (χ3n) is 3.30. The molecule has 0 aliphatic heterocycles. The third-order valence-corrected chi connectivity index (χ3v) is 14.2. The van der Waals surface area contributed by atoms with Crippen LogP contribution in [0.2, 0.25) is 44.8 Å². The summed E-state index contributed by atoms with van der Waals surface area (Å²) in [6.45, 7) is 14.7. The van der Waals surface area contributed by atoms with Gasteiger partial charge in [0.15, 0.2) is 17.4 Å². The molecule has 0 radical (unpaired) electrons. The van der Waals surface area contributed by atoms with E-state index in [9.17, 15) is 0 Å². The number of unbranched alkanes of at least 4 members (excludes halogenated alkanes) is 1. The van der Waals surface area contributed by atoms with Crippen molar-refractivity contribution in [3.05, 3.63) is 0 Å². The van der Waals surface area contributed by atoms with Crippen molar-refractivity contribution >= 4 is 25.9 Å². The molecule has 1 unspecified atom stereocenters. The van der Waals surface area contributed by atoms with Crippen LogP contribution in [0.25, 0.3) is 0 Å². The molecule has 0 saturated carbocycles. The molecular weight excluding hydrogens is 316 g/mol. The Morgan fingerprint density at radius 3 is 2.14 bits per heavy atom. The fourth-order valence-electron chi connectivity index (χ4n) is 2.68. The van der Waals surface area contributed by atoms with Crippen molar-refractivity contribution in [1.82, 2.24) is 0 Å². The second-order valence-corrected chi connectivity index (χ2v) is 17.2. The summed E-state index contributed by atoms with van der Waals surface area (Å²) < 4.78 is 18.2. The molecule has 4 nitrogen and oxygen atoms in total. The molecule has 0 aromatic carbocycles. The Morgan fingerprint density at radius 2 is 1.62 bits per heavy atom. The minimum absolute atomic E-state index is 0.105. The van der Waals surface area contributed by atoms with Crippen LogP contribution in [0, 0.1) is 0 Å². The zero-order chi connectivity index (χ0) is 16.4. The molecule has 128 valence electrons. The molecule has 0 aliphatic rings. The Hall–Kier alpha value is 0.491. The van der Waals surface area contributed by atoms with Crippen molar-refractivity contribution in [2.75, 3.05) is 19.8 Å². The molecule has 0 saturated heterocycles. The summed E-state index contributed by atoms with van der Waals surface area (Å²) in [5, 5.41) is 8.73. The van der Waals surface area contributed by atoms with Crippen molar-refractivity contribution in [3.8, 4) is 0 Å². The van der Waals surface area contributed by atoms with Crippen LogP contribution in [-0.2, 0) is 13.0 Å². The third kappa shape index (κ3) is 11.7. The largest absolute Gasteiger partial charge is 0.440 e. The van der Waals surface area contributed by atoms with Gasteiger partial charge in [-0.05, 0) is 51.2 Å². The monoisotopic (exact) mass is 352 g/mol. The highest BCUT2D eigenvalue weighted by molar-refractivity contribution is 6.85. The Labute approximate surface area is 135 Å². The van der Waals surface area contributed by atoms with Gasteiger partial charge in [0.05, 0.1) is 13.2 Å². The SMILES string of the molecule is CCCC[Si](C)(CCCOCCO)O[Si](C)(C)O[SiH](C)C. The van der Waals surface area contributed by atoms with Crippen LogP contribution in [0.1, 0.15) is 26.2 Å². The molecule has 21 heavy (non-hydrogen) atoms. The molecule has 0 spiro atoms. The average Bonchev–Trinajstić information content (AvgIpc) is 2.34. The van der Waals surface area contributed by atoms with E-state index in [0.29, 0.717) is 6.61 Å². The molecule has 0 aliphatic carbocycles. The second kappa shape index (κ2) is 11.1. The molecule has 7 heteroatoms. The highest BCUT2D eigenvalue weighted by Gasteiger charge is 2.37. The van der Waals surface area contributed by atoms with E-state index < -0.39 is 25.9 Å². The van der Waals surface area contributed by atoms with Crippen molar-refractivity contribution < 1.29 is 18.1 Å². The van der Waals surface area contributed by atoms with Crippen molar-refractivity contribution in [2.24, 2.45) is 0 Å². The maximum atomic E-state index is 8.73. The summed E-state index contributed by atoms with van der Waals surface area (Å²) in [5.74, 6) is 0. The maximum Gasteiger partial charge on any atom is 0.310 e. The summed E-state index contributed by atoms with van der Waals surface area (Å²) in [7, 11) is -4.75. The predicted molar refractivity (Wildman–Crippen MR) is 97.2 cm³/mol. The number of aliphatic hydroxyl groups is 1. The molecular formula is C14H36O4Si3. The van der Waals surface area contributed by atoms with Gasteiger partial charge < -0.3 is 18.1 Å². The minimum Gasteiger partial charge on any atom is -0.440 e. The van der Waals surface area contributed by atoms with Gasteiger partial charge in [-0.25, -0.2) is 0 Å². The van der Waals surface area contributed by atoms with Gasteiger partial charge in [-0.2, -0.15) is 0 Å². The zero-order valence-corrected chi connectivity index (χ0v) is 18.1. The highest BCUT2D eigenvalue weighted by atomic mass is 28.5. The van der Waals surface area contributed by atoms with Gasteiger partial charge in [0.25, 0.3) is 0 Å². The lowest BCUT2D eigenvalue weighted by Gasteiger charge is -2.37. The first-order valence-corrected chi connectivity index (χ1v) is 16.7. The van der Waals surface area contributed by atoms with E-state index in [2.05, 4.69) is 39.7 Å². The van der Waals surface area contributed by atoms with Gasteiger partial charge in [-0.15, -0.1) is 0 Å². The number of aliphatic hydroxyl groups excluding tert-OH is 1. The predicted octanol–water partition coefficient (Wildman–Crippen LogP) is 3.48. The second-order valence-electron chi connectivity index (χ2n) is 6.66. The van der Waals surface area contributed by atoms with Crippen LogP contribution >= 0.6 is 0 Å². The number of hydrogen-bond donors (Lipinski definition) is 1. The molecule has 0 fully saturated rings.